The minimum Gasteiger partial charge on any atom is -0.332 e. The lowest BCUT2D eigenvalue weighted by Crippen LogP contribution is -2.29. The molecule has 0 radical (unpaired) electrons. The van der Waals surface area contributed by atoms with Gasteiger partial charge in [0.05, 0.1) is 0 Å². The molecule has 0 aliphatic rings. The molecule has 0 atom stereocenters. The third-order valence-electron chi connectivity index (χ3n) is 4.68. The molecule has 4 aromatic rings. The van der Waals surface area contributed by atoms with E-state index in [2.05, 4.69) is 20.6 Å². The SMILES string of the molecule is Cc1ccc(NC(=O)Cn2nc(-c3nc(-c4cccc(Cl)c4)no3)ccc2=O)cc1C. The average Bonchev–Trinajstić information content (AvgIpc) is 3.23. The Hall–Kier alpha value is -3.78. The molecule has 0 saturated carbocycles. The summed E-state index contributed by atoms with van der Waals surface area (Å²) in [4.78, 5) is 28.9. The number of aryl methyl sites for hydroxylation is 2. The van der Waals surface area contributed by atoms with Crippen molar-refractivity contribution < 1.29 is 9.32 Å². The molecule has 2 aromatic carbocycles. The summed E-state index contributed by atoms with van der Waals surface area (Å²) in [6.45, 7) is 3.70. The van der Waals surface area contributed by atoms with Crippen molar-refractivity contribution in [2.24, 2.45) is 0 Å². The van der Waals surface area contributed by atoms with Gasteiger partial charge in [-0.2, -0.15) is 10.1 Å². The van der Waals surface area contributed by atoms with Crippen LogP contribution in [0.4, 0.5) is 5.69 Å². The lowest BCUT2D eigenvalue weighted by atomic mass is 10.1. The van der Waals surface area contributed by atoms with Gasteiger partial charge in [0.15, 0.2) is 0 Å². The Morgan fingerprint density at radius 3 is 2.71 bits per heavy atom. The topological polar surface area (TPSA) is 103 Å². The van der Waals surface area contributed by atoms with Gasteiger partial charge in [0.2, 0.25) is 11.7 Å². The highest BCUT2D eigenvalue weighted by Crippen LogP contribution is 2.22. The van der Waals surface area contributed by atoms with Crippen molar-refractivity contribution in [1.29, 1.82) is 0 Å². The highest BCUT2D eigenvalue weighted by Gasteiger charge is 2.15. The molecule has 8 nitrogen and oxygen atoms in total. The summed E-state index contributed by atoms with van der Waals surface area (Å²) in [6, 6.07) is 15.4. The molecule has 0 unspecified atom stereocenters. The fourth-order valence-corrected chi connectivity index (χ4v) is 3.09. The number of aromatic nitrogens is 4. The van der Waals surface area contributed by atoms with Crippen molar-refractivity contribution in [1.82, 2.24) is 19.9 Å². The predicted octanol–water partition coefficient (Wildman–Crippen LogP) is 3.87. The van der Waals surface area contributed by atoms with E-state index in [1.165, 1.54) is 12.1 Å². The first-order chi connectivity index (χ1) is 14.9. The van der Waals surface area contributed by atoms with Crippen LogP contribution in [0.25, 0.3) is 23.0 Å². The number of carbonyl (C=O) groups is 1. The van der Waals surface area contributed by atoms with E-state index in [9.17, 15) is 9.59 Å². The van der Waals surface area contributed by atoms with Gasteiger partial charge in [0.25, 0.3) is 11.4 Å². The van der Waals surface area contributed by atoms with Gasteiger partial charge in [-0.25, -0.2) is 4.68 Å². The van der Waals surface area contributed by atoms with E-state index in [0.29, 0.717) is 22.1 Å². The number of amides is 1. The molecule has 0 fully saturated rings. The first-order valence-electron chi connectivity index (χ1n) is 9.44. The van der Waals surface area contributed by atoms with Crippen LogP contribution in [0.5, 0.6) is 0 Å². The van der Waals surface area contributed by atoms with Gasteiger partial charge in [-0.3, -0.25) is 9.59 Å². The highest BCUT2D eigenvalue weighted by atomic mass is 35.5. The Labute approximate surface area is 182 Å². The molecule has 9 heteroatoms. The lowest BCUT2D eigenvalue weighted by Gasteiger charge is -2.09. The maximum Gasteiger partial charge on any atom is 0.278 e. The number of rotatable bonds is 5. The minimum atomic E-state index is -0.423. The van der Waals surface area contributed by atoms with Crippen LogP contribution >= 0.6 is 11.6 Å². The van der Waals surface area contributed by atoms with Gasteiger partial charge in [-0.05, 0) is 55.3 Å². The van der Waals surface area contributed by atoms with Gasteiger partial charge in [0.1, 0.15) is 12.2 Å². The van der Waals surface area contributed by atoms with Crippen LogP contribution < -0.4 is 10.9 Å². The number of nitrogens with zero attached hydrogens (tertiary/aromatic N) is 4. The van der Waals surface area contributed by atoms with Crippen molar-refractivity contribution >= 4 is 23.2 Å². The largest absolute Gasteiger partial charge is 0.332 e. The van der Waals surface area contributed by atoms with Crippen LogP contribution in [-0.4, -0.2) is 25.8 Å². The third-order valence-corrected chi connectivity index (χ3v) is 4.91. The normalized spacial score (nSPS) is 10.8. The van der Waals surface area contributed by atoms with Crippen molar-refractivity contribution in [2.45, 2.75) is 20.4 Å². The van der Waals surface area contributed by atoms with Gasteiger partial charge < -0.3 is 9.84 Å². The van der Waals surface area contributed by atoms with E-state index < -0.39 is 5.56 Å². The minimum absolute atomic E-state index is 0.123. The second-order valence-electron chi connectivity index (χ2n) is 7.00. The number of nitrogens with one attached hydrogen (secondary N) is 1. The van der Waals surface area contributed by atoms with E-state index in [1.807, 2.05) is 32.0 Å². The smallest absolute Gasteiger partial charge is 0.278 e. The zero-order chi connectivity index (χ0) is 22.0. The maximum absolute atomic E-state index is 12.4. The molecule has 2 heterocycles. The molecular weight excluding hydrogens is 418 g/mol. The van der Waals surface area contributed by atoms with E-state index >= 15 is 0 Å². The van der Waals surface area contributed by atoms with Crippen LogP contribution in [0.15, 0.2) is 63.9 Å². The number of anilines is 1. The molecule has 1 amide bonds. The molecule has 156 valence electrons. The molecule has 0 spiro atoms. The Kier molecular flexibility index (Phi) is 5.64. The summed E-state index contributed by atoms with van der Waals surface area (Å²) in [7, 11) is 0. The monoisotopic (exact) mass is 435 g/mol. The second-order valence-corrected chi connectivity index (χ2v) is 7.43. The van der Waals surface area contributed by atoms with E-state index in [0.717, 1.165) is 15.8 Å². The van der Waals surface area contributed by atoms with Gasteiger partial charge in [-0.1, -0.05) is 35.0 Å². The van der Waals surface area contributed by atoms with Gasteiger partial charge in [-0.15, -0.1) is 0 Å². The Bertz CT molecular complexity index is 1330. The van der Waals surface area contributed by atoms with E-state index in [4.69, 9.17) is 16.1 Å². The second kappa shape index (κ2) is 8.53. The fourth-order valence-electron chi connectivity index (χ4n) is 2.90. The quantitative estimate of drug-likeness (QED) is 0.510. The van der Waals surface area contributed by atoms with Crippen molar-refractivity contribution in [3.63, 3.8) is 0 Å². The zero-order valence-corrected chi connectivity index (χ0v) is 17.6. The number of carbonyl (C=O) groups excluding carboxylic acids is 1. The summed E-state index contributed by atoms with van der Waals surface area (Å²) in [6.07, 6.45) is 0. The van der Waals surface area contributed by atoms with Crippen molar-refractivity contribution in [3.05, 3.63) is 81.1 Å². The molecule has 2 aromatic heterocycles. The molecular formula is C22H18ClN5O3. The number of hydrogen-bond donors (Lipinski definition) is 1. The molecule has 0 saturated heterocycles. The van der Waals surface area contributed by atoms with Crippen molar-refractivity contribution in [2.75, 3.05) is 5.32 Å². The van der Waals surface area contributed by atoms with Gasteiger partial charge in [0, 0.05) is 22.3 Å². The molecule has 0 aliphatic carbocycles. The Morgan fingerprint density at radius 1 is 1.10 bits per heavy atom. The van der Waals surface area contributed by atoms with Crippen LogP contribution in [0.1, 0.15) is 11.1 Å². The maximum atomic E-state index is 12.4. The Morgan fingerprint density at radius 2 is 1.94 bits per heavy atom. The highest BCUT2D eigenvalue weighted by molar-refractivity contribution is 6.30. The van der Waals surface area contributed by atoms with Crippen LogP contribution in [0, 0.1) is 13.8 Å². The standard InChI is InChI=1S/C22H18ClN5O3/c1-13-6-7-17(10-14(13)2)24-19(29)12-28-20(30)9-8-18(26-28)22-25-21(27-31-22)15-4-3-5-16(23)11-15/h3-11H,12H2,1-2H3,(H,24,29). The van der Waals surface area contributed by atoms with Crippen LogP contribution in [0.3, 0.4) is 0 Å². The van der Waals surface area contributed by atoms with Gasteiger partial charge >= 0.3 is 0 Å². The van der Waals surface area contributed by atoms with Crippen LogP contribution in [0.2, 0.25) is 5.02 Å². The zero-order valence-electron chi connectivity index (χ0n) is 16.8. The third kappa shape index (κ3) is 4.70. The van der Waals surface area contributed by atoms with Crippen LogP contribution in [-0.2, 0) is 11.3 Å². The van der Waals surface area contributed by atoms with E-state index in [-0.39, 0.29) is 24.0 Å². The Balaban J connectivity index is 1.54. The first kappa shape index (κ1) is 20.5. The summed E-state index contributed by atoms with van der Waals surface area (Å²) in [5.74, 6) is 0.0861. The molecule has 0 bridgehead atoms. The first-order valence-corrected chi connectivity index (χ1v) is 9.82. The van der Waals surface area contributed by atoms with Crippen molar-refractivity contribution in [3.8, 4) is 23.0 Å². The molecule has 31 heavy (non-hydrogen) atoms. The lowest BCUT2D eigenvalue weighted by molar-refractivity contribution is -0.117. The number of hydrogen-bond acceptors (Lipinski definition) is 6. The number of halogens is 1. The summed E-state index contributed by atoms with van der Waals surface area (Å²) < 4.78 is 6.33. The molecule has 0 aliphatic heterocycles. The van der Waals surface area contributed by atoms with E-state index in [1.54, 1.807) is 24.3 Å². The number of benzene rings is 2. The fraction of sp³-hybridized carbons (Fsp3) is 0.136. The predicted molar refractivity (Wildman–Crippen MR) is 117 cm³/mol. The molecule has 4 rings (SSSR count). The summed E-state index contributed by atoms with van der Waals surface area (Å²) in [5, 5.41) is 11.5. The average molecular weight is 436 g/mol. The summed E-state index contributed by atoms with van der Waals surface area (Å²) in [5.41, 5.74) is 3.37. The molecule has 1 N–H and O–H groups in total. The summed E-state index contributed by atoms with van der Waals surface area (Å²) >= 11 is 6.01.